The Hall–Kier alpha value is -0.120. The van der Waals surface area contributed by atoms with E-state index in [2.05, 4.69) is 19.2 Å². The summed E-state index contributed by atoms with van der Waals surface area (Å²) in [5.41, 5.74) is 0. The number of ether oxygens (including phenoxy) is 2. The molecule has 0 spiro atoms. The Bertz CT molecular complexity index is 191. The van der Waals surface area contributed by atoms with Gasteiger partial charge in [0.15, 0.2) is 0 Å². The van der Waals surface area contributed by atoms with Crippen LogP contribution in [0.2, 0.25) is 0 Å². The maximum Gasteiger partial charge on any atom is 0.0774 e. The average Bonchev–Trinajstić information content (AvgIpc) is 2.35. The van der Waals surface area contributed by atoms with E-state index < -0.39 is 0 Å². The molecule has 1 fully saturated rings. The molecule has 0 heterocycles. The van der Waals surface area contributed by atoms with E-state index in [4.69, 9.17) is 9.47 Å². The van der Waals surface area contributed by atoms with Crippen molar-refractivity contribution in [3.63, 3.8) is 0 Å². The highest BCUT2D eigenvalue weighted by molar-refractivity contribution is 4.84. The van der Waals surface area contributed by atoms with Crippen LogP contribution in [0.4, 0.5) is 0 Å². The summed E-state index contributed by atoms with van der Waals surface area (Å²) < 4.78 is 11.5. The second-order valence-electron chi connectivity index (χ2n) is 5.38. The van der Waals surface area contributed by atoms with Crippen LogP contribution in [0.3, 0.4) is 0 Å². The molecule has 3 nitrogen and oxygen atoms in total. The van der Waals surface area contributed by atoms with Crippen LogP contribution in [-0.2, 0) is 9.47 Å². The lowest BCUT2D eigenvalue weighted by Gasteiger charge is -2.35. The Morgan fingerprint density at radius 3 is 2.29 bits per heavy atom. The molecule has 0 aromatic heterocycles. The van der Waals surface area contributed by atoms with Crippen LogP contribution < -0.4 is 5.32 Å². The van der Waals surface area contributed by atoms with E-state index in [0.29, 0.717) is 18.1 Å². The predicted octanol–water partition coefficient (Wildman–Crippen LogP) is 2.59. The molecular formula is C14H29NO2. The van der Waals surface area contributed by atoms with Crippen LogP contribution in [0, 0.1) is 5.92 Å². The van der Waals surface area contributed by atoms with Gasteiger partial charge >= 0.3 is 0 Å². The third-order valence-electron chi connectivity index (χ3n) is 3.76. The average molecular weight is 243 g/mol. The van der Waals surface area contributed by atoms with Gasteiger partial charge in [-0.25, -0.2) is 0 Å². The van der Waals surface area contributed by atoms with Gasteiger partial charge in [-0.1, -0.05) is 19.3 Å². The molecule has 1 saturated carbocycles. The molecule has 2 unspecified atom stereocenters. The van der Waals surface area contributed by atoms with Gasteiger partial charge in [-0.15, -0.1) is 0 Å². The van der Waals surface area contributed by atoms with Gasteiger partial charge in [-0.3, -0.25) is 0 Å². The quantitative estimate of drug-likeness (QED) is 0.745. The molecule has 0 aromatic carbocycles. The zero-order chi connectivity index (χ0) is 12.7. The molecule has 1 aliphatic rings. The van der Waals surface area contributed by atoms with Gasteiger partial charge in [-0.2, -0.15) is 0 Å². The van der Waals surface area contributed by atoms with Gasteiger partial charge in [0.05, 0.1) is 24.9 Å². The highest BCUT2D eigenvalue weighted by atomic mass is 16.5. The summed E-state index contributed by atoms with van der Waals surface area (Å²) >= 11 is 0. The molecule has 0 saturated heterocycles. The van der Waals surface area contributed by atoms with Crippen molar-refractivity contribution in [1.82, 2.24) is 5.32 Å². The van der Waals surface area contributed by atoms with Gasteiger partial charge in [-0.05, 0) is 39.7 Å². The first-order valence-electron chi connectivity index (χ1n) is 7.00. The summed E-state index contributed by atoms with van der Waals surface area (Å²) in [6.45, 7) is 4.90. The summed E-state index contributed by atoms with van der Waals surface area (Å²) in [7, 11) is 3.84. The van der Waals surface area contributed by atoms with E-state index in [9.17, 15) is 0 Å². The van der Waals surface area contributed by atoms with Crippen molar-refractivity contribution < 1.29 is 9.47 Å². The normalized spacial score (nSPS) is 21.7. The molecule has 0 aliphatic heterocycles. The highest BCUT2D eigenvalue weighted by Gasteiger charge is 2.30. The van der Waals surface area contributed by atoms with Crippen LogP contribution in [-0.4, -0.2) is 39.0 Å². The van der Waals surface area contributed by atoms with Crippen molar-refractivity contribution in [2.45, 2.75) is 64.2 Å². The number of rotatable bonds is 7. The fraction of sp³-hybridized carbons (Fsp3) is 1.00. The smallest absolute Gasteiger partial charge is 0.0774 e. The maximum absolute atomic E-state index is 5.73. The minimum atomic E-state index is 0.287. The first-order valence-corrected chi connectivity index (χ1v) is 7.00. The predicted molar refractivity (Wildman–Crippen MR) is 71.3 cm³/mol. The second kappa shape index (κ2) is 8.06. The highest BCUT2D eigenvalue weighted by Crippen LogP contribution is 2.29. The third-order valence-corrected chi connectivity index (χ3v) is 3.76. The zero-order valence-electron chi connectivity index (χ0n) is 11.9. The monoisotopic (exact) mass is 243 g/mol. The largest absolute Gasteiger partial charge is 0.379 e. The number of hydrogen-bond donors (Lipinski definition) is 1. The Morgan fingerprint density at radius 1 is 1.18 bits per heavy atom. The minimum Gasteiger partial charge on any atom is -0.379 e. The maximum atomic E-state index is 5.73. The van der Waals surface area contributed by atoms with E-state index in [1.807, 2.05) is 14.2 Å². The Balaban J connectivity index is 2.48. The number of nitrogens with one attached hydrogen (secondary N) is 1. The van der Waals surface area contributed by atoms with Crippen molar-refractivity contribution >= 4 is 0 Å². The molecule has 3 heteroatoms. The lowest BCUT2D eigenvalue weighted by Crippen LogP contribution is -2.47. The second-order valence-corrected chi connectivity index (χ2v) is 5.38. The Labute approximate surface area is 106 Å². The van der Waals surface area contributed by atoms with Crippen LogP contribution >= 0.6 is 0 Å². The van der Waals surface area contributed by atoms with Crippen molar-refractivity contribution in [3.05, 3.63) is 0 Å². The minimum absolute atomic E-state index is 0.287. The lowest BCUT2D eigenvalue weighted by atomic mass is 9.82. The van der Waals surface area contributed by atoms with Crippen LogP contribution in [0.15, 0.2) is 0 Å². The first-order chi connectivity index (χ1) is 8.19. The number of likely N-dealkylation sites (N-methyl/N-ethyl adjacent to an activating group) is 1. The number of methoxy groups -OCH3 is 1. The molecule has 0 aromatic rings. The Kier molecular flexibility index (Phi) is 7.09. The topological polar surface area (TPSA) is 30.5 Å². The molecular weight excluding hydrogens is 214 g/mol. The van der Waals surface area contributed by atoms with E-state index in [-0.39, 0.29) is 6.10 Å². The van der Waals surface area contributed by atoms with E-state index in [0.717, 1.165) is 6.61 Å². The van der Waals surface area contributed by atoms with Gasteiger partial charge in [0, 0.05) is 7.11 Å². The molecule has 1 rings (SSSR count). The summed E-state index contributed by atoms with van der Waals surface area (Å²) in [6.07, 6.45) is 7.28. The third kappa shape index (κ3) is 4.94. The molecule has 0 radical (unpaired) electrons. The van der Waals surface area contributed by atoms with Gasteiger partial charge in [0.2, 0.25) is 0 Å². The van der Waals surface area contributed by atoms with Gasteiger partial charge in [0.25, 0.3) is 0 Å². The molecule has 2 atom stereocenters. The van der Waals surface area contributed by atoms with Crippen LogP contribution in [0.5, 0.6) is 0 Å². The molecule has 1 N–H and O–H groups in total. The number of hydrogen-bond acceptors (Lipinski definition) is 3. The van der Waals surface area contributed by atoms with Crippen molar-refractivity contribution in [1.29, 1.82) is 0 Å². The van der Waals surface area contributed by atoms with E-state index in [1.165, 1.54) is 32.1 Å². The van der Waals surface area contributed by atoms with Crippen molar-refractivity contribution in [3.8, 4) is 0 Å². The summed E-state index contributed by atoms with van der Waals surface area (Å²) in [5, 5.41) is 3.36. The first kappa shape index (κ1) is 14.9. The summed E-state index contributed by atoms with van der Waals surface area (Å²) in [5.74, 6) is 0.696. The van der Waals surface area contributed by atoms with Gasteiger partial charge in [0.1, 0.15) is 0 Å². The standard InChI is InChI=1S/C14H29NO2/c1-11(2)17-10-13(15-3)14(16-4)12-8-6-5-7-9-12/h11-15H,5-10H2,1-4H3. The lowest BCUT2D eigenvalue weighted by molar-refractivity contribution is -0.0292. The molecule has 1 aliphatic carbocycles. The molecule has 102 valence electrons. The fourth-order valence-corrected chi connectivity index (χ4v) is 2.79. The zero-order valence-corrected chi connectivity index (χ0v) is 11.9. The van der Waals surface area contributed by atoms with Crippen molar-refractivity contribution in [2.75, 3.05) is 20.8 Å². The van der Waals surface area contributed by atoms with E-state index >= 15 is 0 Å². The fourth-order valence-electron chi connectivity index (χ4n) is 2.79. The molecule has 0 amide bonds. The van der Waals surface area contributed by atoms with Crippen LogP contribution in [0.1, 0.15) is 46.0 Å². The van der Waals surface area contributed by atoms with E-state index in [1.54, 1.807) is 0 Å². The van der Waals surface area contributed by atoms with Crippen molar-refractivity contribution in [2.24, 2.45) is 5.92 Å². The molecule has 17 heavy (non-hydrogen) atoms. The summed E-state index contributed by atoms with van der Waals surface area (Å²) in [4.78, 5) is 0. The SMILES string of the molecule is CNC(COC(C)C)C(OC)C1CCCCC1. The summed E-state index contributed by atoms with van der Waals surface area (Å²) in [6, 6.07) is 0.311. The Morgan fingerprint density at radius 2 is 1.82 bits per heavy atom. The van der Waals surface area contributed by atoms with Gasteiger partial charge < -0.3 is 14.8 Å². The van der Waals surface area contributed by atoms with Crippen LogP contribution in [0.25, 0.3) is 0 Å². The molecule has 0 bridgehead atoms.